The third kappa shape index (κ3) is 5.61. The molecule has 0 heterocycles. The lowest BCUT2D eigenvalue weighted by Gasteiger charge is -2.06. The van der Waals surface area contributed by atoms with Gasteiger partial charge in [-0.05, 0) is 65.9 Å². The first-order valence-corrected chi connectivity index (χ1v) is 8.55. The van der Waals surface area contributed by atoms with Crippen LogP contribution in [0.3, 0.4) is 0 Å². The molecule has 0 unspecified atom stereocenters. The second-order valence-electron chi connectivity index (χ2n) is 5.00. The molecule has 0 saturated heterocycles. The summed E-state index contributed by atoms with van der Waals surface area (Å²) < 4.78 is 1.09. The molecule has 0 fully saturated rings. The highest BCUT2D eigenvalue weighted by atomic mass is 127. The number of benzene rings is 2. The third-order valence-electron chi connectivity index (χ3n) is 3.01. The van der Waals surface area contributed by atoms with E-state index in [9.17, 15) is 9.59 Å². The quantitative estimate of drug-likeness (QED) is 0.405. The van der Waals surface area contributed by atoms with Crippen LogP contribution in [0.4, 0.5) is 5.69 Å². The van der Waals surface area contributed by atoms with E-state index in [1.54, 1.807) is 31.2 Å². The van der Waals surface area contributed by atoms with Crippen LogP contribution in [-0.2, 0) is 4.79 Å². The Bertz CT molecular complexity index is 776. The zero-order chi connectivity index (χ0) is 17.5. The molecule has 0 aliphatic carbocycles. The molecule has 2 aromatic rings. The Hall–Kier alpha value is -1.93. The number of hydrogen-bond donors (Lipinski definition) is 2. The van der Waals surface area contributed by atoms with Gasteiger partial charge in [-0.3, -0.25) is 9.59 Å². The van der Waals surface area contributed by atoms with Crippen LogP contribution in [0.15, 0.2) is 53.6 Å². The van der Waals surface area contributed by atoms with Crippen molar-refractivity contribution in [3.05, 3.63) is 62.7 Å². The van der Waals surface area contributed by atoms with Crippen molar-refractivity contribution in [3.63, 3.8) is 0 Å². The van der Waals surface area contributed by atoms with Gasteiger partial charge in [0.15, 0.2) is 0 Å². The average Bonchev–Trinajstić information content (AvgIpc) is 2.55. The van der Waals surface area contributed by atoms with E-state index in [2.05, 4.69) is 38.4 Å². The summed E-state index contributed by atoms with van der Waals surface area (Å²) in [5, 5.41) is 7.05. The topological polar surface area (TPSA) is 70.6 Å². The summed E-state index contributed by atoms with van der Waals surface area (Å²) in [6.45, 7) is 1.67. The molecule has 0 aliphatic heterocycles. The molecule has 0 bridgehead atoms. The number of nitrogens with zero attached hydrogens (tertiary/aromatic N) is 1. The van der Waals surface area contributed by atoms with Crippen LogP contribution in [0.1, 0.15) is 23.7 Å². The van der Waals surface area contributed by atoms with Crippen LogP contribution in [0.5, 0.6) is 0 Å². The van der Waals surface area contributed by atoms with Gasteiger partial charge in [-0.15, -0.1) is 0 Å². The van der Waals surface area contributed by atoms with Gasteiger partial charge in [0.2, 0.25) is 5.91 Å². The van der Waals surface area contributed by atoms with Crippen molar-refractivity contribution in [2.45, 2.75) is 13.3 Å². The van der Waals surface area contributed by atoms with E-state index in [4.69, 9.17) is 11.6 Å². The fourth-order valence-corrected chi connectivity index (χ4v) is 2.44. The summed E-state index contributed by atoms with van der Waals surface area (Å²) in [4.78, 5) is 23.9. The van der Waals surface area contributed by atoms with Crippen molar-refractivity contribution in [1.29, 1.82) is 0 Å². The molecule has 24 heavy (non-hydrogen) atoms. The number of carbonyl (C=O) groups is 2. The summed E-state index contributed by atoms with van der Waals surface area (Å²) >= 11 is 8.14. The fraction of sp³-hybridized carbons (Fsp3) is 0.118. The molecule has 124 valence electrons. The highest BCUT2D eigenvalue weighted by Gasteiger charge is 2.09. The Balaban J connectivity index is 1.89. The molecule has 2 aromatic carbocycles. The Labute approximate surface area is 158 Å². The first-order valence-electron chi connectivity index (χ1n) is 7.09. The summed E-state index contributed by atoms with van der Waals surface area (Å²) in [7, 11) is 0. The molecule has 0 radical (unpaired) electrons. The van der Waals surface area contributed by atoms with Gasteiger partial charge in [0.25, 0.3) is 5.91 Å². The van der Waals surface area contributed by atoms with E-state index in [1.807, 2.05) is 24.3 Å². The van der Waals surface area contributed by atoms with E-state index in [1.165, 1.54) is 0 Å². The van der Waals surface area contributed by atoms with E-state index < -0.39 is 5.91 Å². The lowest BCUT2D eigenvalue weighted by atomic mass is 10.2. The maximum atomic E-state index is 12.0. The van der Waals surface area contributed by atoms with Gasteiger partial charge in [-0.25, -0.2) is 5.43 Å². The van der Waals surface area contributed by atoms with Crippen molar-refractivity contribution < 1.29 is 9.59 Å². The van der Waals surface area contributed by atoms with Crippen molar-refractivity contribution in [1.82, 2.24) is 5.43 Å². The van der Waals surface area contributed by atoms with Crippen LogP contribution < -0.4 is 10.7 Å². The number of carbonyl (C=O) groups excluding carboxylic acids is 2. The van der Waals surface area contributed by atoms with Gasteiger partial charge in [-0.2, -0.15) is 5.10 Å². The first kappa shape index (κ1) is 18.4. The number of hydrogen-bond acceptors (Lipinski definition) is 3. The minimum absolute atomic E-state index is 0.0782. The molecule has 2 N–H and O–H groups in total. The number of nitrogens with one attached hydrogen (secondary N) is 2. The smallest absolute Gasteiger partial charge is 0.272 e. The second kappa shape index (κ2) is 8.79. The number of anilines is 1. The van der Waals surface area contributed by atoms with Gasteiger partial charge in [0.1, 0.15) is 0 Å². The maximum absolute atomic E-state index is 12.0. The third-order valence-corrected chi connectivity index (χ3v) is 4.06. The van der Waals surface area contributed by atoms with Crippen LogP contribution in [0, 0.1) is 3.57 Å². The molecule has 2 amide bonds. The highest BCUT2D eigenvalue weighted by Crippen LogP contribution is 2.14. The lowest BCUT2D eigenvalue weighted by Crippen LogP contribution is -2.21. The van der Waals surface area contributed by atoms with Crippen LogP contribution in [-0.4, -0.2) is 17.5 Å². The second-order valence-corrected chi connectivity index (χ2v) is 6.65. The standard InChI is InChI=1S/C17H15ClIN3O2/c1-11(10-16(23)20-13-8-6-12(19)7-9-13)21-22-17(24)14-4-2-3-5-15(14)18/h2-9H,10H2,1H3,(H,20,23)(H,22,24)/b21-11+. The lowest BCUT2D eigenvalue weighted by molar-refractivity contribution is -0.115. The van der Waals surface area contributed by atoms with Gasteiger partial charge in [-0.1, -0.05) is 23.7 Å². The Morgan fingerprint density at radius 1 is 1.12 bits per heavy atom. The number of amides is 2. The van der Waals surface area contributed by atoms with Gasteiger partial charge < -0.3 is 5.32 Å². The van der Waals surface area contributed by atoms with Crippen LogP contribution >= 0.6 is 34.2 Å². The maximum Gasteiger partial charge on any atom is 0.272 e. The Morgan fingerprint density at radius 3 is 2.46 bits per heavy atom. The predicted molar refractivity (Wildman–Crippen MR) is 104 cm³/mol. The molecular formula is C17H15ClIN3O2. The highest BCUT2D eigenvalue weighted by molar-refractivity contribution is 14.1. The largest absolute Gasteiger partial charge is 0.326 e. The predicted octanol–water partition coefficient (Wildman–Crippen LogP) is 4.08. The van der Waals surface area contributed by atoms with Crippen molar-refractivity contribution in [2.24, 2.45) is 5.10 Å². The Kier molecular flexibility index (Phi) is 6.74. The summed E-state index contributed by atoms with van der Waals surface area (Å²) in [5.41, 5.74) is 3.93. The number of halogens is 2. The molecule has 0 aliphatic rings. The number of hydrazone groups is 1. The summed E-state index contributed by atoms with van der Waals surface area (Å²) in [6.07, 6.45) is 0.0782. The minimum atomic E-state index is -0.419. The molecule has 5 nitrogen and oxygen atoms in total. The van der Waals surface area contributed by atoms with E-state index in [0.717, 1.165) is 3.57 Å². The Morgan fingerprint density at radius 2 is 1.79 bits per heavy atom. The van der Waals surface area contributed by atoms with Gasteiger partial charge >= 0.3 is 0 Å². The molecule has 0 atom stereocenters. The molecule has 0 saturated carbocycles. The number of rotatable bonds is 5. The van der Waals surface area contributed by atoms with E-state index in [-0.39, 0.29) is 12.3 Å². The molecule has 0 spiro atoms. The summed E-state index contributed by atoms with van der Waals surface area (Å²) in [6, 6.07) is 14.1. The monoisotopic (exact) mass is 455 g/mol. The van der Waals surface area contributed by atoms with Crippen LogP contribution in [0.25, 0.3) is 0 Å². The summed E-state index contributed by atoms with van der Waals surface area (Å²) in [5.74, 6) is -0.623. The molecule has 2 rings (SSSR count). The van der Waals surface area contributed by atoms with E-state index >= 15 is 0 Å². The zero-order valence-electron chi connectivity index (χ0n) is 12.8. The first-order chi connectivity index (χ1) is 11.5. The van der Waals surface area contributed by atoms with Crippen LogP contribution in [0.2, 0.25) is 5.02 Å². The van der Waals surface area contributed by atoms with Gasteiger partial charge in [0, 0.05) is 15.0 Å². The van der Waals surface area contributed by atoms with Crippen molar-refractivity contribution in [2.75, 3.05) is 5.32 Å². The molecule has 0 aromatic heterocycles. The fourth-order valence-electron chi connectivity index (χ4n) is 1.86. The minimum Gasteiger partial charge on any atom is -0.326 e. The zero-order valence-corrected chi connectivity index (χ0v) is 15.8. The SMILES string of the molecule is C/C(CC(=O)Nc1ccc(I)cc1)=N\NC(=O)c1ccccc1Cl. The van der Waals surface area contributed by atoms with E-state index in [0.29, 0.717) is 22.0 Å². The van der Waals surface area contributed by atoms with Crippen molar-refractivity contribution >= 4 is 57.4 Å². The molecular weight excluding hydrogens is 441 g/mol. The molecule has 7 heteroatoms. The van der Waals surface area contributed by atoms with Crippen molar-refractivity contribution in [3.8, 4) is 0 Å². The average molecular weight is 456 g/mol. The normalized spacial score (nSPS) is 11.0. The van der Waals surface area contributed by atoms with Gasteiger partial charge in [0.05, 0.1) is 17.0 Å².